The van der Waals surface area contributed by atoms with Crippen molar-refractivity contribution in [2.24, 2.45) is 22.2 Å². The molecule has 3 rings (SSSR count). The van der Waals surface area contributed by atoms with Crippen molar-refractivity contribution in [2.75, 3.05) is 0 Å². The largest absolute Gasteiger partial charge is 0.748 e. The Morgan fingerprint density at radius 2 is 1.74 bits per heavy atom. The number of hydrogen-bond acceptors (Lipinski definition) is 8. The fourth-order valence-corrected chi connectivity index (χ4v) is 5.51. The van der Waals surface area contributed by atoms with Gasteiger partial charge < -0.3 is 31.6 Å². The number of benzene rings is 1. The molecule has 0 aliphatic carbocycles. The molecule has 2 heterocycles. The molecule has 184 valence electrons. The lowest BCUT2D eigenvalue weighted by Crippen LogP contribution is -2.84. The van der Waals surface area contributed by atoms with Gasteiger partial charge in [-0.15, -0.1) is 4.99 Å². The quantitative estimate of drug-likeness (QED) is 0.0870. The van der Waals surface area contributed by atoms with E-state index in [4.69, 9.17) is 17.2 Å². The van der Waals surface area contributed by atoms with Crippen LogP contribution in [0.25, 0.3) is 5.69 Å². The number of hydrogen-bond donors (Lipinski definition) is 5. The molecule has 0 spiro atoms. The summed E-state index contributed by atoms with van der Waals surface area (Å²) in [6, 6.07) is 10.4. The van der Waals surface area contributed by atoms with Crippen LogP contribution in [0.5, 0.6) is 0 Å². The molecule has 1 aliphatic rings. The number of aliphatic imine (C=N–C) groups is 1. The van der Waals surface area contributed by atoms with Crippen LogP contribution in [0.1, 0.15) is 12.0 Å². The number of pyridine rings is 1. The maximum absolute atomic E-state index is 11.6. The Morgan fingerprint density at radius 1 is 1.06 bits per heavy atom. The summed E-state index contributed by atoms with van der Waals surface area (Å²) in [5.74, 6) is 5.38. The summed E-state index contributed by atoms with van der Waals surface area (Å²) < 4.78 is 70.7. The number of nitrogens with two attached hydrogens (primary N) is 3. The topological polar surface area (TPSA) is 235 Å². The molecule has 0 unspecified atom stereocenters. The van der Waals surface area contributed by atoms with Gasteiger partial charge in [0.15, 0.2) is 12.4 Å². The molecule has 2 aromatic rings. The fraction of sp³-hybridized carbons (Fsp3) is 0.150. The van der Waals surface area contributed by atoms with Gasteiger partial charge in [-0.25, -0.2) is 21.8 Å². The van der Waals surface area contributed by atoms with E-state index in [1.165, 1.54) is 0 Å². The SMILES string of the molecule is NC(=Nc1ccc(-[n+]2ccccc2)c(C#CC2=CN[C@H](S(=O)(=O)[O-])[C@H](S(=O)(=O)[O-])C2)c1)[NH+]=C(N)N. The minimum Gasteiger partial charge on any atom is -0.748 e. The van der Waals surface area contributed by atoms with Gasteiger partial charge in [0.2, 0.25) is 5.69 Å². The van der Waals surface area contributed by atoms with E-state index in [-0.39, 0.29) is 17.5 Å². The van der Waals surface area contributed by atoms with Crippen molar-refractivity contribution in [1.82, 2.24) is 5.32 Å². The van der Waals surface area contributed by atoms with Crippen LogP contribution in [-0.4, -0.2) is 48.5 Å². The number of aromatic nitrogens is 1. The molecular weight excluding hydrogens is 498 g/mol. The third-order valence-corrected chi connectivity index (χ3v) is 7.16. The molecule has 13 nitrogen and oxygen atoms in total. The highest BCUT2D eigenvalue weighted by Crippen LogP contribution is 2.23. The number of rotatable bonds is 4. The Hall–Kier alpha value is -3.97. The van der Waals surface area contributed by atoms with E-state index < -0.39 is 37.3 Å². The minimum absolute atomic E-state index is 0.0726. The van der Waals surface area contributed by atoms with Gasteiger partial charge in [0.05, 0.1) is 10.8 Å². The standard InChI is InChI=1S/C20H21N7O6S2/c21-19(22)26-20(23)25-15-6-7-16(27-8-2-1-3-9-27)14(11-15)5-4-13-10-17(34(28,29)30)18(24-12-13)35(31,32)33/h1-3,6-9,11-12,17-18,24H,10H2,(H7-,21,22,23,25,26,28,29,30,31,32,33)/t17-,18-/m1/s1. The summed E-state index contributed by atoms with van der Waals surface area (Å²) in [5.41, 5.74) is 18.0. The van der Waals surface area contributed by atoms with Crippen LogP contribution in [0, 0.1) is 11.8 Å². The first-order valence-corrected chi connectivity index (χ1v) is 12.7. The van der Waals surface area contributed by atoms with Crippen molar-refractivity contribution in [3.63, 3.8) is 0 Å². The molecule has 0 bridgehead atoms. The van der Waals surface area contributed by atoms with Crippen molar-refractivity contribution < 1.29 is 35.5 Å². The Balaban J connectivity index is 2.06. The summed E-state index contributed by atoms with van der Waals surface area (Å²) in [7, 11) is -10.2. The van der Waals surface area contributed by atoms with Crippen LogP contribution in [0.4, 0.5) is 5.69 Å². The summed E-state index contributed by atoms with van der Waals surface area (Å²) in [5, 5.41) is -1.95. The Morgan fingerprint density at radius 3 is 2.34 bits per heavy atom. The third-order valence-electron chi connectivity index (χ3n) is 4.72. The van der Waals surface area contributed by atoms with E-state index in [9.17, 15) is 25.9 Å². The average Bonchev–Trinajstić information content (AvgIpc) is 2.76. The highest BCUT2D eigenvalue weighted by atomic mass is 32.2. The third kappa shape index (κ3) is 6.77. The second-order valence-corrected chi connectivity index (χ2v) is 10.4. The molecule has 35 heavy (non-hydrogen) atoms. The zero-order valence-electron chi connectivity index (χ0n) is 18.0. The van der Waals surface area contributed by atoms with Gasteiger partial charge in [-0.05, 0) is 12.1 Å². The highest BCUT2D eigenvalue weighted by molar-refractivity contribution is 7.90. The molecular formula is C20H21N7O6S2. The summed E-state index contributed by atoms with van der Waals surface area (Å²) in [4.78, 5) is 6.60. The number of nitrogens with one attached hydrogen (secondary N) is 2. The molecule has 1 aliphatic heterocycles. The van der Waals surface area contributed by atoms with E-state index in [0.717, 1.165) is 6.20 Å². The Labute approximate surface area is 201 Å². The summed E-state index contributed by atoms with van der Waals surface area (Å²) in [6.45, 7) is 0. The van der Waals surface area contributed by atoms with E-state index >= 15 is 0 Å². The lowest BCUT2D eigenvalue weighted by Gasteiger charge is -2.34. The lowest BCUT2D eigenvalue weighted by atomic mass is 10.1. The molecule has 0 amide bonds. The molecule has 1 aromatic heterocycles. The molecule has 15 heteroatoms. The lowest BCUT2D eigenvalue weighted by molar-refractivity contribution is -0.595. The van der Waals surface area contributed by atoms with Crippen LogP contribution in [0.3, 0.4) is 0 Å². The highest BCUT2D eigenvalue weighted by Gasteiger charge is 2.35. The van der Waals surface area contributed by atoms with Crippen molar-refractivity contribution >= 4 is 37.8 Å². The van der Waals surface area contributed by atoms with Crippen LogP contribution >= 0.6 is 0 Å². The maximum Gasteiger partial charge on any atom is 0.316 e. The van der Waals surface area contributed by atoms with E-state index in [0.29, 0.717) is 16.9 Å². The van der Waals surface area contributed by atoms with Gasteiger partial charge in [0.25, 0.3) is 5.96 Å². The number of allylic oxidation sites excluding steroid dienone is 1. The Bertz CT molecular complexity index is 1490. The normalized spacial score (nSPS) is 18.5. The Kier molecular flexibility index (Phi) is 7.41. The maximum atomic E-state index is 11.6. The van der Waals surface area contributed by atoms with Crippen molar-refractivity contribution in [2.45, 2.75) is 17.0 Å². The first-order chi connectivity index (χ1) is 16.3. The fourth-order valence-electron chi connectivity index (χ4n) is 3.22. The predicted octanol–water partition coefficient (Wildman–Crippen LogP) is -3.72. The van der Waals surface area contributed by atoms with Crippen LogP contribution in [0.15, 0.2) is 65.6 Å². The van der Waals surface area contributed by atoms with E-state index in [1.54, 1.807) is 47.3 Å². The zero-order valence-corrected chi connectivity index (χ0v) is 19.6. The monoisotopic (exact) mass is 519 g/mol. The van der Waals surface area contributed by atoms with Gasteiger partial charge in [-0.1, -0.05) is 17.9 Å². The van der Waals surface area contributed by atoms with Crippen LogP contribution in [0.2, 0.25) is 0 Å². The molecule has 0 fully saturated rings. The molecule has 0 radical (unpaired) electrons. The van der Waals surface area contributed by atoms with Crippen LogP contribution in [-0.2, 0) is 20.2 Å². The molecule has 0 saturated carbocycles. The summed E-state index contributed by atoms with van der Waals surface area (Å²) in [6.07, 6.45) is 4.10. The van der Waals surface area contributed by atoms with Crippen molar-refractivity contribution in [3.8, 4) is 17.5 Å². The average molecular weight is 520 g/mol. The van der Waals surface area contributed by atoms with E-state index in [1.807, 2.05) is 6.07 Å². The second-order valence-electron chi connectivity index (χ2n) is 7.30. The molecule has 2 atom stereocenters. The van der Waals surface area contributed by atoms with Gasteiger partial charge in [0, 0.05) is 36.4 Å². The zero-order chi connectivity index (χ0) is 25.8. The minimum atomic E-state index is -5.12. The van der Waals surface area contributed by atoms with Crippen LogP contribution < -0.4 is 32.1 Å². The number of nitrogens with zero attached hydrogens (tertiary/aromatic N) is 2. The van der Waals surface area contributed by atoms with Gasteiger partial charge in [-0.3, -0.25) is 0 Å². The smallest absolute Gasteiger partial charge is 0.316 e. The number of guanidine groups is 2. The summed E-state index contributed by atoms with van der Waals surface area (Å²) >= 11 is 0. The van der Waals surface area contributed by atoms with E-state index in [2.05, 4.69) is 27.1 Å². The van der Waals surface area contributed by atoms with Crippen molar-refractivity contribution in [3.05, 3.63) is 66.1 Å². The molecule has 8 N–H and O–H groups in total. The van der Waals surface area contributed by atoms with Crippen molar-refractivity contribution in [1.29, 1.82) is 0 Å². The molecule has 0 saturated heterocycles. The van der Waals surface area contributed by atoms with Gasteiger partial charge in [0.1, 0.15) is 31.3 Å². The first kappa shape index (κ1) is 25.6. The van der Waals surface area contributed by atoms with Gasteiger partial charge in [-0.2, -0.15) is 4.57 Å². The molecule has 1 aromatic carbocycles. The van der Waals surface area contributed by atoms with Gasteiger partial charge >= 0.3 is 5.96 Å². The predicted molar refractivity (Wildman–Crippen MR) is 123 cm³/mol. The second kappa shape index (κ2) is 10.1. The first-order valence-electron chi connectivity index (χ1n) is 9.81.